The fourth-order valence-electron chi connectivity index (χ4n) is 2.06. The molecule has 1 aromatic carbocycles. The van der Waals surface area contributed by atoms with Gasteiger partial charge in [-0.3, -0.25) is 0 Å². The second-order valence-electron chi connectivity index (χ2n) is 5.92. The van der Waals surface area contributed by atoms with E-state index in [2.05, 4.69) is 57.9 Å². The highest BCUT2D eigenvalue weighted by Gasteiger charge is 2.21. The monoisotopic (exact) mass is 243 g/mol. The summed E-state index contributed by atoms with van der Waals surface area (Å²) in [4.78, 5) is 0. The zero-order valence-electron chi connectivity index (χ0n) is 11.8. The molecular formula is C15H21N3. The predicted molar refractivity (Wildman–Crippen MR) is 76.2 cm³/mol. The van der Waals surface area contributed by atoms with Gasteiger partial charge in [0, 0.05) is 5.41 Å². The zero-order valence-corrected chi connectivity index (χ0v) is 11.8. The fraction of sp³-hybridized carbons (Fsp3) is 0.400. The number of rotatable bonds is 1. The van der Waals surface area contributed by atoms with E-state index in [0.717, 1.165) is 17.1 Å². The molecule has 1 aromatic heterocycles. The Hall–Kier alpha value is -1.77. The summed E-state index contributed by atoms with van der Waals surface area (Å²) in [6.07, 6.45) is 1.91. The number of benzene rings is 1. The van der Waals surface area contributed by atoms with Crippen LogP contribution in [0.3, 0.4) is 0 Å². The van der Waals surface area contributed by atoms with Gasteiger partial charge in [-0.25, -0.2) is 4.68 Å². The van der Waals surface area contributed by atoms with Crippen LogP contribution in [0, 0.1) is 13.8 Å². The minimum absolute atomic E-state index is 0.0347. The molecule has 0 aliphatic rings. The van der Waals surface area contributed by atoms with Gasteiger partial charge < -0.3 is 5.73 Å². The van der Waals surface area contributed by atoms with Crippen molar-refractivity contribution in [1.29, 1.82) is 0 Å². The summed E-state index contributed by atoms with van der Waals surface area (Å²) in [5.41, 5.74) is 11.3. The molecule has 0 atom stereocenters. The van der Waals surface area contributed by atoms with Gasteiger partial charge in [-0.1, -0.05) is 32.9 Å². The van der Waals surface area contributed by atoms with Crippen molar-refractivity contribution in [3.63, 3.8) is 0 Å². The standard InChI is InChI=1S/C15H21N3/c1-10-6-7-11(2)13(8-10)18-9-12(16)14(17-18)15(3,4)5/h6-9H,16H2,1-5H3. The summed E-state index contributed by atoms with van der Waals surface area (Å²) in [6, 6.07) is 6.35. The van der Waals surface area contributed by atoms with E-state index in [1.54, 1.807) is 0 Å². The third-order valence-corrected chi connectivity index (χ3v) is 3.06. The molecule has 96 valence electrons. The molecule has 2 rings (SSSR count). The molecule has 0 aliphatic heterocycles. The third-order valence-electron chi connectivity index (χ3n) is 3.06. The van der Waals surface area contributed by atoms with Crippen molar-refractivity contribution >= 4 is 5.69 Å². The van der Waals surface area contributed by atoms with E-state index < -0.39 is 0 Å². The molecule has 0 saturated carbocycles. The van der Waals surface area contributed by atoms with E-state index >= 15 is 0 Å². The smallest absolute Gasteiger partial charge is 0.0911 e. The van der Waals surface area contributed by atoms with Gasteiger partial charge in [-0.15, -0.1) is 0 Å². The summed E-state index contributed by atoms with van der Waals surface area (Å²) >= 11 is 0. The molecule has 0 aliphatic carbocycles. The van der Waals surface area contributed by atoms with Crippen LogP contribution in [0.15, 0.2) is 24.4 Å². The summed E-state index contributed by atoms with van der Waals surface area (Å²) in [6.45, 7) is 10.5. The number of aromatic nitrogens is 2. The molecule has 2 aromatic rings. The Kier molecular flexibility index (Phi) is 2.93. The van der Waals surface area contributed by atoms with Crippen molar-refractivity contribution in [1.82, 2.24) is 9.78 Å². The molecule has 0 unspecified atom stereocenters. The number of hydrogen-bond donors (Lipinski definition) is 1. The largest absolute Gasteiger partial charge is 0.396 e. The summed E-state index contributed by atoms with van der Waals surface area (Å²) in [5.74, 6) is 0. The van der Waals surface area contributed by atoms with Crippen molar-refractivity contribution in [2.75, 3.05) is 5.73 Å². The van der Waals surface area contributed by atoms with Crippen LogP contribution in [-0.2, 0) is 5.41 Å². The van der Waals surface area contributed by atoms with Gasteiger partial charge in [-0.05, 0) is 31.0 Å². The van der Waals surface area contributed by atoms with Gasteiger partial charge in [-0.2, -0.15) is 5.10 Å². The molecule has 2 N–H and O–H groups in total. The number of anilines is 1. The lowest BCUT2D eigenvalue weighted by molar-refractivity contribution is 0.562. The van der Waals surface area contributed by atoms with Gasteiger partial charge in [0.05, 0.1) is 23.3 Å². The second-order valence-corrected chi connectivity index (χ2v) is 5.92. The molecule has 0 bridgehead atoms. The van der Waals surface area contributed by atoms with E-state index in [-0.39, 0.29) is 5.41 Å². The predicted octanol–water partition coefficient (Wildman–Crippen LogP) is 3.37. The Bertz CT molecular complexity index is 574. The Morgan fingerprint density at radius 1 is 1.17 bits per heavy atom. The highest BCUT2D eigenvalue weighted by molar-refractivity contribution is 5.50. The average Bonchev–Trinajstić information content (AvgIpc) is 2.63. The lowest BCUT2D eigenvalue weighted by Crippen LogP contribution is -2.14. The van der Waals surface area contributed by atoms with Crippen LogP contribution in [0.5, 0.6) is 0 Å². The van der Waals surface area contributed by atoms with Crippen molar-refractivity contribution in [3.8, 4) is 5.69 Å². The van der Waals surface area contributed by atoms with E-state index in [1.165, 1.54) is 11.1 Å². The third kappa shape index (κ3) is 2.26. The van der Waals surface area contributed by atoms with Crippen LogP contribution in [0.2, 0.25) is 0 Å². The maximum Gasteiger partial charge on any atom is 0.0911 e. The summed E-state index contributed by atoms with van der Waals surface area (Å²) in [7, 11) is 0. The molecule has 0 amide bonds. The van der Waals surface area contributed by atoms with Crippen molar-refractivity contribution in [2.45, 2.75) is 40.0 Å². The van der Waals surface area contributed by atoms with Gasteiger partial charge in [0.1, 0.15) is 0 Å². The summed E-state index contributed by atoms with van der Waals surface area (Å²) in [5, 5.41) is 4.64. The Balaban J connectivity index is 2.56. The quantitative estimate of drug-likeness (QED) is 0.834. The molecule has 18 heavy (non-hydrogen) atoms. The Morgan fingerprint density at radius 2 is 1.83 bits per heavy atom. The van der Waals surface area contributed by atoms with Crippen molar-refractivity contribution in [3.05, 3.63) is 41.2 Å². The first-order valence-corrected chi connectivity index (χ1v) is 6.22. The van der Waals surface area contributed by atoms with Gasteiger partial charge in [0.2, 0.25) is 0 Å². The lowest BCUT2D eigenvalue weighted by atomic mass is 9.92. The molecule has 0 fully saturated rings. The maximum atomic E-state index is 6.07. The second kappa shape index (κ2) is 4.16. The minimum Gasteiger partial charge on any atom is -0.396 e. The molecule has 0 spiro atoms. The lowest BCUT2D eigenvalue weighted by Gasteiger charge is -2.15. The first-order valence-electron chi connectivity index (χ1n) is 6.22. The van der Waals surface area contributed by atoms with Crippen LogP contribution in [0.1, 0.15) is 37.6 Å². The molecule has 1 heterocycles. The minimum atomic E-state index is -0.0347. The topological polar surface area (TPSA) is 43.8 Å². The normalized spacial score (nSPS) is 11.8. The van der Waals surface area contributed by atoms with Crippen LogP contribution < -0.4 is 5.73 Å². The number of hydrogen-bond acceptors (Lipinski definition) is 2. The zero-order chi connectivity index (χ0) is 13.5. The maximum absolute atomic E-state index is 6.07. The molecule has 0 saturated heterocycles. The van der Waals surface area contributed by atoms with Crippen LogP contribution in [0.25, 0.3) is 5.69 Å². The number of nitrogens with two attached hydrogens (primary N) is 1. The first-order chi connectivity index (χ1) is 8.29. The Morgan fingerprint density at radius 3 is 2.39 bits per heavy atom. The number of nitrogen functional groups attached to an aromatic ring is 1. The summed E-state index contributed by atoms with van der Waals surface area (Å²) < 4.78 is 1.89. The van der Waals surface area contributed by atoms with E-state index in [0.29, 0.717) is 0 Å². The number of aryl methyl sites for hydroxylation is 2. The molecular weight excluding hydrogens is 222 g/mol. The fourth-order valence-corrected chi connectivity index (χ4v) is 2.06. The van der Waals surface area contributed by atoms with E-state index in [9.17, 15) is 0 Å². The van der Waals surface area contributed by atoms with Gasteiger partial charge in [0.15, 0.2) is 0 Å². The van der Waals surface area contributed by atoms with Crippen molar-refractivity contribution < 1.29 is 0 Å². The van der Waals surface area contributed by atoms with Gasteiger partial charge in [0.25, 0.3) is 0 Å². The number of nitrogens with zero attached hydrogens (tertiary/aromatic N) is 2. The molecule has 0 radical (unpaired) electrons. The highest BCUT2D eigenvalue weighted by atomic mass is 15.3. The Labute approximate surface area is 109 Å². The van der Waals surface area contributed by atoms with Gasteiger partial charge >= 0.3 is 0 Å². The van der Waals surface area contributed by atoms with Crippen LogP contribution in [0.4, 0.5) is 5.69 Å². The first kappa shape index (κ1) is 12.7. The van der Waals surface area contributed by atoms with E-state index in [1.807, 2.05) is 10.9 Å². The van der Waals surface area contributed by atoms with Crippen LogP contribution in [-0.4, -0.2) is 9.78 Å². The van der Waals surface area contributed by atoms with Crippen molar-refractivity contribution in [2.24, 2.45) is 0 Å². The molecule has 3 nitrogen and oxygen atoms in total. The average molecular weight is 243 g/mol. The molecule has 3 heteroatoms. The van der Waals surface area contributed by atoms with E-state index in [4.69, 9.17) is 5.73 Å². The SMILES string of the molecule is Cc1ccc(C)c(-n2cc(N)c(C(C)(C)C)n2)c1. The highest BCUT2D eigenvalue weighted by Crippen LogP contribution is 2.27. The van der Waals surface area contributed by atoms with Crippen LogP contribution >= 0.6 is 0 Å².